The predicted octanol–water partition coefficient (Wildman–Crippen LogP) is 5.90. The Bertz CT molecular complexity index is 3260. The minimum absolute atomic E-state index is 0.00543. The first kappa shape index (κ1) is 54.5. The Morgan fingerprint density at radius 3 is 2.46 bits per heavy atom. The first-order valence-corrected chi connectivity index (χ1v) is 27.0. The number of ether oxygens (including phenoxy) is 6. The number of imide groups is 1. The van der Waals surface area contributed by atoms with Gasteiger partial charge < -0.3 is 43.7 Å². The number of anilines is 1. The molecule has 416 valence electrons. The van der Waals surface area contributed by atoms with Crippen LogP contribution in [0.15, 0.2) is 59.5 Å². The molecule has 4 fully saturated rings. The first-order valence-electron chi connectivity index (χ1n) is 27.0. The lowest BCUT2D eigenvalue weighted by atomic mass is 9.94. The van der Waals surface area contributed by atoms with Gasteiger partial charge >= 0.3 is 17.8 Å². The first-order chi connectivity index (χ1) is 37.7. The summed E-state index contributed by atoms with van der Waals surface area (Å²) in [6, 6.07) is 13.0. The molecule has 20 nitrogen and oxygen atoms in total. The number of aryl methyl sites for hydroxylation is 2. The zero-order chi connectivity index (χ0) is 54.6. The van der Waals surface area contributed by atoms with Crippen LogP contribution in [0.3, 0.4) is 0 Å². The van der Waals surface area contributed by atoms with E-state index in [1.807, 2.05) is 17.9 Å². The van der Waals surface area contributed by atoms with Gasteiger partial charge in [-0.3, -0.25) is 33.9 Å². The van der Waals surface area contributed by atoms with Crippen molar-refractivity contribution in [3.63, 3.8) is 0 Å². The number of carbonyl (C=O) groups excluding carboxylic acids is 3. The van der Waals surface area contributed by atoms with Crippen molar-refractivity contribution in [2.24, 2.45) is 7.05 Å². The fourth-order valence-corrected chi connectivity index (χ4v) is 11.7. The lowest BCUT2D eigenvalue weighted by Gasteiger charge is -2.38. The molecular weight excluding hydrogens is 1010 g/mol. The Morgan fingerprint density at radius 2 is 1.68 bits per heavy atom. The van der Waals surface area contributed by atoms with Crippen molar-refractivity contribution in [3.05, 3.63) is 82.4 Å². The number of pyridine rings is 1. The van der Waals surface area contributed by atoms with Crippen molar-refractivity contribution >= 4 is 56.4 Å². The lowest BCUT2D eigenvalue weighted by molar-refractivity contribution is -0.135. The van der Waals surface area contributed by atoms with E-state index in [0.29, 0.717) is 103 Å². The third-order valence-electron chi connectivity index (χ3n) is 15.6. The van der Waals surface area contributed by atoms with Crippen LogP contribution in [0.5, 0.6) is 11.8 Å². The highest BCUT2D eigenvalue weighted by Gasteiger charge is 2.50. The minimum Gasteiger partial charge on any atom is -0.491 e. The van der Waals surface area contributed by atoms with E-state index in [-0.39, 0.29) is 98.6 Å². The fraction of sp³-hybridized carbons (Fsp3) is 0.518. The van der Waals surface area contributed by atoms with Gasteiger partial charge in [0.05, 0.1) is 67.2 Å². The number of nitrogens with zero attached hydrogens (tertiary/aromatic N) is 7. The van der Waals surface area contributed by atoms with Crippen LogP contribution in [-0.4, -0.2) is 155 Å². The number of imidazole rings is 1. The van der Waals surface area contributed by atoms with Gasteiger partial charge in [-0.15, -0.1) is 0 Å². The van der Waals surface area contributed by atoms with Crippen molar-refractivity contribution in [1.82, 2.24) is 39.6 Å². The Hall–Kier alpha value is -6.85. The molecule has 0 radical (unpaired) electrons. The third kappa shape index (κ3) is 11.5. The quantitative estimate of drug-likeness (QED) is 0.0532. The Morgan fingerprint density at radius 1 is 0.897 bits per heavy atom. The summed E-state index contributed by atoms with van der Waals surface area (Å²) in [4.78, 5) is 68.3. The summed E-state index contributed by atoms with van der Waals surface area (Å²) in [5, 5.41) is 17.9. The van der Waals surface area contributed by atoms with Gasteiger partial charge in [-0.2, -0.15) is 9.97 Å². The Labute approximate surface area is 449 Å². The molecule has 4 aliphatic rings. The number of amides is 3. The maximum Gasteiger partial charge on any atom is 0.407 e. The summed E-state index contributed by atoms with van der Waals surface area (Å²) in [7, 11) is 1.62. The standard InChI is InChI=1S/C56H67F2N9O11/c1-4-38-41(57)12-10-35-8-5-9-39(46(35)38)48-47(58)49-40(31-60-48)50(65-21-6-17-55(2,72)33-65)63-52(62-49)78-34-56-18-7-22-66(56)36(16-19-56)32-77-53(70)59-20-23-73-24-25-74-26-27-75-28-29-76-37-11-13-42-44(30-37)64(3)54(71)67(42)43-14-15-45(68)61-51(43)69/h5,8-13,30-31,36,43,72H,4,6-7,14-29,32-34H2,1-3H3,(H,59,70)(H,61,68,69)/t36-,43?,55+,56-/m0/s1. The third-order valence-corrected chi connectivity index (χ3v) is 15.6. The number of aromatic nitrogens is 5. The van der Waals surface area contributed by atoms with E-state index in [0.717, 1.165) is 37.6 Å². The van der Waals surface area contributed by atoms with E-state index >= 15 is 8.78 Å². The number of carbonyl (C=O) groups is 3. The zero-order valence-corrected chi connectivity index (χ0v) is 44.3. The highest BCUT2D eigenvalue weighted by molar-refractivity contribution is 6.01. The number of aliphatic hydroxyl groups is 1. The van der Waals surface area contributed by atoms with Crippen LogP contribution in [0.2, 0.25) is 0 Å². The van der Waals surface area contributed by atoms with Crippen LogP contribution in [-0.2, 0) is 42.0 Å². The number of piperidine rings is 2. The van der Waals surface area contributed by atoms with Crippen LogP contribution >= 0.6 is 0 Å². The predicted molar refractivity (Wildman–Crippen MR) is 285 cm³/mol. The molecule has 3 amide bonds. The summed E-state index contributed by atoms with van der Waals surface area (Å²) >= 11 is 0. The Kier molecular flexibility index (Phi) is 16.5. The average molecular weight is 1080 g/mol. The molecular formula is C56H67F2N9O11. The second-order valence-corrected chi connectivity index (χ2v) is 20.9. The molecule has 1 unspecified atom stereocenters. The monoisotopic (exact) mass is 1080 g/mol. The van der Waals surface area contributed by atoms with E-state index in [4.69, 9.17) is 38.4 Å². The van der Waals surface area contributed by atoms with Gasteiger partial charge in [0.2, 0.25) is 11.8 Å². The van der Waals surface area contributed by atoms with Gasteiger partial charge in [-0.05, 0) is 99.4 Å². The van der Waals surface area contributed by atoms with Gasteiger partial charge in [0, 0.05) is 57.0 Å². The summed E-state index contributed by atoms with van der Waals surface area (Å²) in [5.41, 5.74) is 0.493. The molecule has 3 aromatic carbocycles. The van der Waals surface area contributed by atoms with Crippen molar-refractivity contribution in [2.75, 3.05) is 90.5 Å². The molecule has 6 aromatic rings. The number of rotatable bonds is 22. The number of nitrogens with one attached hydrogen (secondary N) is 2. The fourth-order valence-electron chi connectivity index (χ4n) is 11.7. The molecule has 0 spiro atoms. The highest BCUT2D eigenvalue weighted by atomic mass is 19.1. The smallest absolute Gasteiger partial charge is 0.407 e. The van der Waals surface area contributed by atoms with Gasteiger partial charge in [0.15, 0.2) is 5.82 Å². The number of alkyl carbamates (subject to hydrolysis) is 1. The Balaban J connectivity index is 0.652. The van der Waals surface area contributed by atoms with Gasteiger partial charge in [0.25, 0.3) is 0 Å². The molecule has 3 aromatic heterocycles. The molecule has 10 rings (SSSR count). The molecule has 4 atom stereocenters. The summed E-state index contributed by atoms with van der Waals surface area (Å²) in [5.74, 6) is -0.909. The molecule has 4 aliphatic heterocycles. The number of benzene rings is 3. The van der Waals surface area contributed by atoms with E-state index < -0.39 is 29.5 Å². The maximum absolute atomic E-state index is 17.1. The number of fused-ring (bicyclic) bond motifs is 4. The SMILES string of the molecule is CCc1c(F)ccc2cccc(-c3ncc4c(N5CCC[C@@](C)(O)C5)nc(OC[C@@]56CCCN5[C@H](COC(=O)NCCOCCOCCOCCOc5ccc7c(c5)n(C)c(=O)n7C5CCC(=O)NC5=O)CC6)nc4c3F)c12. The van der Waals surface area contributed by atoms with Crippen LogP contribution in [0.4, 0.5) is 19.4 Å². The normalized spacial score (nSPS) is 21.6. The molecule has 0 aliphatic carbocycles. The van der Waals surface area contributed by atoms with Crippen molar-refractivity contribution in [3.8, 4) is 23.0 Å². The van der Waals surface area contributed by atoms with E-state index in [1.54, 1.807) is 56.6 Å². The van der Waals surface area contributed by atoms with E-state index in [1.165, 1.54) is 15.2 Å². The van der Waals surface area contributed by atoms with Crippen LogP contribution in [0, 0.1) is 11.6 Å². The number of hydrogen-bond acceptors (Lipinski definition) is 16. The van der Waals surface area contributed by atoms with E-state index in [9.17, 15) is 24.3 Å². The topological polar surface area (TPSA) is 223 Å². The van der Waals surface area contributed by atoms with Crippen LogP contribution < -0.4 is 30.7 Å². The molecule has 7 heterocycles. The number of β-amino-alcohol motifs (C(OH)–C–C–N with tert-alkyl or cyclic N) is 1. The highest BCUT2D eigenvalue weighted by Crippen LogP contribution is 2.44. The second kappa shape index (κ2) is 23.6. The zero-order valence-electron chi connectivity index (χ0n) is 44.3. The van der Waals surface area contributed by atoms with Gasteiger partial charge in [-0.1, -0.05) is 31.2 Å². The van der Waals surface area contributed by atoms with Crippen molar-refractivity contribution in [1.29, 1.82) is 0 Å². The molecule has 78 heavy (non-hydrogen) atoms. The van der Waals surface area contributed by atoms with Crippen LogP contribution in [0.25, 0.3) is 44.0 Å². The summed E-state index contributed by atoms with van der Waals surface area (Å²) < 4.78 is 70.0. The van der Waals surface area contributed by atoms with Gasteiger partial charge in [0.1, 0.15) is 54.5 Å². The van der Waals surface area contributed by atoms with Crippen molar-refractivity contribution in [2.45, 2.75) is 94.9 Å². The molecule has 22 heteroatoms. The lowest BCUT2D eigenvalue weighted by Crippen LogP contribution is -2.48. The molecule has 3 N–H and O–H groups in total. The molecule has 0 saturated carbocycles. The van der Waals surface area contributed by atoms with Gasteiger partial charge in [-0.25, -0.2) is 18.4 Å². The molecule has 4 saturated heterocycles. The van der Waals surface area contributed by atoms with E-state index in [2.05, 4.69) is 20.5 Å². The maximum atomic E-state index is 17.1. The number of halogens is 2. The van der Waals surface area contributed by atoms with Crippen molar-refractivity contribution < 1.29 is 56.7 Å². The number of hydrogen-bond donors (Lipinski definition) is 3. The second-order valence-electron chi connectivity index (χ2n) is 20.9. The average Bonchev–Trinajstić information content (AvgIpc) is 4.19. The summed E-state index contributed by atoms with van der Waals surface area (Å²) in [6.45, 7) is 8.19. The van der Waals surface area contributed by atoms with Crippen LogP contribution in [0.1, 0.15) is 76.8 Å². The minimum atomic E-state index is -0.984. The summed E-state index contributed by atoms with van der Waals surface area (Å²) in [6.07, 6.45) is 6.53. The molecule has 0 bridgehead atoms. The largest absolute Gasteiger partial charge is 0.491 e.